The molecule has 1 saturated carbocycles. The highest BCUT2D eigenvalue weighted by Gasteiger charge is 2.44. The van der Waals surface area contributed by atoms with Crippen LogP contribution in [0.1, 0.15) is 44.3 Å². The fraction of sp³-hybridized carbons (Fsp3) is 0.522. The van der Waals surface area contributed by atoms with Crippen LogP contribution < -0.4 is 19.8 Å². The van der Waals surface area contributed by atoms with Gasteiger partial charge in [0.25, 0.3) is 0 Å². The Labute approximate surface area is 175 Å². The molecule has 1 aromatic carbocycles. The summed E-state index contributed by atoms with van der Waals surface area (Å²) in [5.41, 5.74) is 0.213. The van der Waals surface area contributed by atoms with E-state index in [-0.39, 0.29) is 29.6 Å². The molecule has 1 aromatic heterocycles. The lowest BCUT2D eigenvalue weighted by atomic mass is 9.72. The van der Waals surface area contributed by atoms with E-state index in [0.717, 1.165) is 6.42 Å². The molecule has 2 aromatic rings. The molecule has 0 amide bonds. The second-order valence-electron chi connectivity index (χ2n) is 8.06. The van der Waals surface area contributed by atoms with Gasteiger partial charge in [-0.25, -0.2) is 4.79 Å². The van der Waals surface area contributed by atoms with Crippen molar-refractivity contribution in [3.05, 3.63) is 40.2 Å². The van der Waals surface area contributed by atoms with E-state index in [4.69, 9.17) is 18.6 Å². The van der Waals surface area contributed by atoms with Crippen LogP contribution in [0.2, 0.25) is 0 Å². The van der Waals surface area contributed by atoms with Gasteiger partial charge in [-0.15, -0.1) is 0 Å². The Bertz CT molecular complexity index is 967. The molecule has 2 heterocycles. The molecule has 0 spiro atoms. The monoisotopic (exact) mass is 416 g/mol. The average Bonchev–Trinajstić information content (AvgIpc) is 2.77. The molecule has 0 radical (unpaired) electrons. The highest BCUT2D eigenvalue weighted by atomic mass is 16.5. The molecule has 2 N–H and O–H groups in total. The first kappa shape index (κ1) is 20.8. The first-order valence-electron chi connectivity index (χ1n) is 10.4. The van der Waals surface area contributed by atoms with Crippen LogP contribution in [0, 0.1) is 11.8 Å². The number of methoxy groups -OCH3 is 2. The van der Waals surface area contributed by atoms with Crippen molar-refractivity contribution in [2.45, 2.75) is 50.9 Å². The zero-order valence-electron chi connectivity index (χ0n) is 17.5. The normalized spacial score (nSPS) is 26.2. The third-order valence-corrected chi connectivity index (χ3v) is 6.44. The summed E-state index contributed by atoms with van der Waals surface area (Å²) < 4.78 is 22.3. The minimum absolute atomic E-state index is 0.135. The fourth-order valence-corrected chi connectivity index (χ4v) is 4.72. The number of fused-ring (bicyclic) bond motifs is 2. The second kappa shape index (κ2) is 8.32. The number of rotatable bonds is 5. The quantitative estimate of drug-likeness (QED) is 0.772. The first-order valence-corrected chi connectivity index (χ1v) is 10.4. The van der Waals surface area contributed by atoms with Crippen LogP contribution in [0.25, 0.3) is 11.3 Å². The molecule has 0 saturated heterocycles. The van der Waals surface area contributed by atoms with Gasteiger partial charge in [0.1, 0.15) is 23.2 Å². The van der Waals surface area contributed by atoms with Crippen LogP contribution in [-0.4, -0.2) is 36.6 Å². The van der Waals surface area contributed by atoms with Crippen LogP contribution in [0.4, 0.5) is 0 Å². The van der Waals surface area contributed by atoms with Crippen molar-refractivity contribution >= 4 is 0 Å². The SMILES string of the molecule is CCC(O)[C@H]1CCC2C(O)c3c(cc(-c4ccc(OC)c(OC)c4)oc3=O)O[C@H]2C1. The van der Waals surface area contributed by atoms with Crippen molar-refractivity contribution in [1.82, 2.24) is 0 Å². The lowest BCUT2D eigenvalue weighted by molar-refractivity contribution is -0.0579. The topological polar surface area (TPSA) is 98.4 Å². The van der Waals surface area contributed by atoms with Gasteiger partial charge >= 0.3 is 5.63 Å². The van der Waals surface area contributed by atoms with Gasteiger partial charge in [0.05, 0.1) is 26.4 Å². The summed E-state index contributed by atoms with van der Waals surface area (Å²) in [5.74, 6) is 1.71. The molecule has 0 bridgehead atoms. The minimum Gasteiger partial charge on any atom is -0.493 e. The molecule has 7 nitrogen and oxygen atoms in total. The van der Waals surface area contributed by atoms with Crippen molar-refractivity contribution < 1.29 is 28.8 Å². The van der Waals surface area contributed by atoms with Crippen molar-refractivity contribution in [3.8, 4) is 28.6 Å². The molecule has 1 aliphatic heterocycles. The van der Waals surface area contributed by atoms with Gasteiger partial charge in [-0.2, -0.15) is 0 Å². The fourth-order valence-electron chi connectivity index (χ4n) is 4.72. The summed E-state index contributed by atoms with van der Waals surface area (Å²) in [6.45, 7) is 1.96. The summed E-state index contributed by atoms with van der Waals surface area (Å²) in [6.07, 6.45) is 1.29. The first-order chi connectivity index (χ1) is 14.5. The van der Waals surface area contributed by atoms with E-state index < -0.39 is 11.7 Å². The number of hydrogen-bond acceptors (Lipinski definition) is 7. The molecular formula is C23H28O7. The van der Waals surface area contributed by atoms with Gasteiger partial charge in [0.15, 0.2) is 11.5 Å². The van der Waals surface area contributed by atoms with Crippen molar-refractivity contribution in [2.75, 3.05) is 14.2 Å². The summed E-state index contributed by atoms with van der Waals surface area (Å²) in [4.78, 5) is 12.7. The minimum atomic E-state index is -0.936. The maximum Gasteiger partial charge on any atom is 0.345 e. The highest BCUT2D eigenvalue weighted by Crippen LogP contribution is 2.46. The summed E-state index contributed by atoms with van der Waals surface area (Å²) in [6, 6.07) is 6.87. The Morgan fingerprint density at radius 2 is 1.93 bits per heavy atom. The van der Waals surface area contributed by atoms with Gasteiger partial charge in [0.2, 0.25) is 0 Å². The zero-order chi connectivity index (χ0) is 21.4. The van der Waals surface area contributed by atoms with Crippen LogP contribution in [0.3, 0.4) is 0 Å². The van der Waals surface area contributed by atoms with Crippen molar-refractivity contribution in [2.24, 2.45) is 11.8 Å². The number of aliphatic hydroxyl groups excluding tert-OH is 2. The Morgan fingerprint density at radius 1 is 1.17 bits per heavy atom. The highest BCUT2D eigenvalue weighted by molar-refractivity contribution is 5.64. The van der Waals surface area contributed by atoms with Crippen LogP contribution in [0.15, 0.2) is 33.5 Å². The number of hydrogen-bond donors (Lipinski definition) is 2. The van der Waals surface area contributed by atoms with E-state index in [1.165, 1.54) is 7.11 Å². The molecule has 1 aliphatic carbocycles. The van der Waals surface area contributed by atoms with E-state index in [1.54, 1.807) is 31.4 Å². The maximum absolute atomic E-state index is 12.7. The second-order valence-corrected chi connectivity index (χ2v) is 8.06. The number of ether oxygens (including phenoxy) is 3. The third kappa shape index (κ3) is 3.56. The van der Waals surface area contributed by atoms with E-state index in [1.807, 2.05) is 6.92 Å². The summed E-state index contributed by atoms with van der Waals surface area (Å²) in [5, 5.41) is 21.2. The van der Waals surface area contributed by atoms with E-state index in [0.29, 0.717) is 47.8 Å². The van der Waals surface area contributed by atoms with Gasteiger partial charge in [0, 0.05) is 17.5 Å². The Morgan fingerprint density at radius 3 is 2.63 bits per heavy atom. The average molecular weight is 416 g/mol. The van der Waals surface area contributed by atoms with Crippen molar-refractivity contribution in [1.29, 1.82) is 0 Å². The Hall–Kier alpha value is -2.51. The van der Waals surface area contributed by atoms with Crippen molar-refractivity contribution in [3.63, 3.8) is 0 Å². The molecule has 30 heavy (non-hydrogen) atoms. The third-order valence-electron chi connectivity index (χ3n) is 6.44. The molecule has 3 unspecified atom stereocenters. The lowest BCUT2D eigenvalue weighted by Gasteiger charge is -2.43. The standard InChI is InChI=1S/C23H28O7/c1-4-15(24)12-5-7-14-18(9-12)29-20-11-17(30-23(26)21(20)22(14)25)13-6-8-16(27-2)19(10-13)28-3/h6,8,10-12,14-15,18,22,24-25H,4-5,7,9H2,1-3H3/t12-,14?,15?,18-,22?/m0/s1. The predicted molar refractivity (Wildman–Crippen MR) is 110 cm³/mol. The van der Waals surface area contributed by atoms with Gasteiger partial charge < -0.3 is 28.8 Å². The van der Waals surface area contributed by atoms with E-state index >= 15 is 0 Å². The zero-order valence-corrected chi connectivity index (χ0v) is 17.5. The molecular weight excluding hydrogens is 388 g/mol. The van der Waals surface area contributed by atoms with Crippen LogP contribution >= 0.6 is 0 Å². The molecule has 2 aliphatic rings. The largest absolute Gasteiger partial charge is 0.493 e. The summed E-state index contributed by atoms with van der Waals surface area (Å²) in [7, 11) is 3.09. The van der Waals surface area contributed by atoms with Crippen LogP contribution in [0.5, 0.6) is 17.2 Å². The van der Waals surface area contributed by atoms with Gasteiger partial charge in [-0.3, -0.25) is 0 Å². The van der Waals surface area contributed by atoms with E-state index in [2.05, 4.69) is 0 Å². The van der Waals surface area contributed by atoms with Gasteiger partial charge in [-0.1, -0.05) is 6.92 Å². The van der Waals surface area contributed by atoms with E-state index in [9.17, 15) is 15.0 Å². The molecule has 162 valence electrons. The smallest absolute Gasteiger partial charge is 0.345 e. The summed E-state index contributed by atoms with van der Waals surface area (Å²) >= 11 is 0. The molecule has 7 heteroatoms. The lowest BCUT2D eigenvalue weighted by Crippen LogP contribution is -2.44. The number of aliphatic hydroxyl groups is 2. The van der Waals surface area contributed by atoms with Gasteiger partial charge in [-0.05, 0) is 49.8 Å². The molecule has 5 atom stereocenters. The Kier molecular flexibility index (Phi) is 5.75. The Balaban J connectivity index is 1.69. The maximum atomic E-state index is 12.7. The molecule has 1 fully saturated rings. The number of benzene rings is 1. The predicted octanol–water partition coefficient (Wildman–Crippen LogP) is 3.31. The molecule has 4 rings (SSSR count). The van der Waals surface area contributed by atoms with Crippen LogP contribution in [-0.2, 0) is 0 Å².